The Labute approximate surface area is 123 Å². The van der Waals surface area contributed by atoms with Gasteiger partial charge in [0.1, 0.15) is 0 Å². The first-order chi connectivity index (χ1) is 9.72. The molecule has 1 saturated carbocycles. The van der Waals surface area contributed by atoms with Crippen LogP contribution < -0.4 is 5.32 Å². The molecule has 3 rings (SSSR count). The van der Waals surface area contributed by atoms with Gasteiger partial charge in [0.25, 0.3) is 0 Å². The van der Waals surface area contributed by atoms with Crippen molar-refractivity contribution >= 4 is 16.3 Å². The third kappa shape index (κ3) is 3.56. The minimum atomic E-state index is -0.289. The van der Waals surface area contributed by atoms with Crippen molar-refractivity contribution in [1.29, 1.82) is 0 Å². The smallest absolute Gasteiger partial charge is 0.317 e. The zero-order chi connectivity index (χ0) is 13.9. The quantitative estimate of drug-likeness (QED) is 0.647. The van der Waals surface area contributed by atoms with Crippen molar-refractivity contribution in [2.45, 2.75) is 38.3 Å². The molecular formula is C14H21N3O2S. The molecule has 1 saturated heterocycles. The molecule has 1 N–H and O–H groups in total. The van der Waals surface area contributed by atoms with Gasteiger partial charge in [-0.05, 0) is 50.8 Å². The predicted molar refractivity (Wildman–Crippen MR) is 80.0 cm³/mol. The summed E-state index contributed by atoms with van der Waals surface area (Å²) < 4.78 is 0. The van der Waals surface area contributed by atoms with E-state index in [0.717, 1.165) is 37.0 Å². The molecule has 2 heterocycles. The van der Waals surface area contributed by atoms with Gasteiger partial charge in [0, 0.05) is 30.1 Å². The molecule has 1 aromatic rings. The number of nitrogens with one attached hydrogen (secondary N) is 1. The van der Waals surface area contributed by atoms with Crippen LogP contribution in [0.3, 0.4) is 0 Å². The standard InChI is InChI=1S/C14H21N3O2S/c18-17(19)14-4-3-13(20-14)10-16(12-1-2-12)9-11-5-7-15-8-6-11/h3-4,11-12,15H,1-2,5-10H2. The summed E-state index contributed by atoms with van der Waals surface area (Å²) in [6, 6.07) is 4.27. The van der Waals surface area contributed by atoms with Crippen LogP contribution in [0, 0.1) is 16.0 Å². The van der Waals surface area contributed by atoms with E-state index >= 15 is 0 Å². The minimum absolute atomic E-state index is 0.262. The van der Waals surface area contributed by atoms with Gasteiger partial charge in [-0.1, -0.05) is 11.3 Å². The van der Waals surface area contributed by atoms with E-state index in [-0.39, 0.29) is 9.92 Å². The van der Waals surface area contributed by atoms with Crippen LogP contribution in [0.4, 0.5) is 5.00 Å². The van der Waals surface area contributed by atoms with Crippen molar-refractivity contribution in [3.63, 3.8) is 0 Å². The Balaban J connectivity index is 1.59. The molecule has 20 heavy (non-hydrogen) atoms. The summed E-state index contributed by atoms with van der Waals surface area (Å²) >= 11 is 1.32. The second-order valence-corrected chi connectivity index (χ2v) is 7.00. The van der Waals surface area contributed by atoms with Crippen LogP contribution in [0.5, 0.6) is 0 Å². The summed E-state index contributed by atoms with van der Waals surface area (Å²) in [6.45, 7) is 4.30. The van der Waals surface area contributed by atoms with Gasteiger partial charge in [0.05, 0.1) is 4.92 Å². The van der Waals surface area contributed by atoms with E-state index in [4.69, 9.17) is 0 Å². The minimum Gasteiger partial charge on any atom is -0.317 e. The lowest BCUT2D eigenvalue weighted by atomic mass is 9.97. The molecule has 2 aliphatic rings. The number of nitrogens with zero attached hydrogens (tertiary/aromatic N) is 2. The van der Waals surface area contributed by atoms with E-state index in [9.17, 15) is 10.1 Å². The number of hydrogen-bond donors (Lipinski definition) is 1. The van der Waals surface area contributed by atoms with Crippen LogP contribution >= 0.6 is 11.3 Å². The molecule has 6 heteroatoms. The highest BCUT2D eigenvalue weighted by atomic mass is 32.1. The van der Waals surface area contributed by atoms with Crippen LogP contribution in [0.15, 0.2) is 12.1 Å². The number of thiophene rings is 1. The molecule has 0 spiro atoms. The third-order valence-electron chi connectivity index (χ3n) is 4.20. The SMILES string of the molecule is O=[N+]([O-])c1ccc(CN(CC2CCNCC2)C2CC2)s1. The van der Waals surface area contributed by atoms with Gasteiger partial charge in [-0.25, -0.2) is 0 Å². The van der Waals surface area contributed by atoms with E-state index in [1.165, 1.54) is 37.0 Å². The van der Waals surface area contributed by atoms with Gasteiger partial charge < -0.3 is 5.32 Å². The molecule has 0 radical (unpaired) electrons. The van der Waals surface area contributed by atoms with Crippen molar-refractivity contribution in [1.82, 2.24) is 10.2 Å². The lowest BCUT2D eigenvalue weighted by Crippen LogP contribution is -2.36. The first kappa shape index (κ1) is 14.0. The molecule has 1 aromatic heterocycles. The zero-order valence-corrected chi connectivity index (χ0v) is 12.4. The van der Waals surface area contributed by atoms with Crippen molar-refractivity contribution in [3.8, 4) is 0 Å². The van der Waals surface area contributed by atoms with Gasteiger partial charge in [0.2, 0.25) is 0 Å². The molecule has 110 valence electrons. The van der Waals surface area contributed by atoms with Crippen molar-refractivity contribution in [2.75, 3.05) is 19.6 Å². The normalized spacial score (nSPS) is 20.4. The number of rotatable bonds is 6. The molecule has 0 atom stereocenters. The fourth-order valence-corrected chi connectivity index (χ4v) is 3.77. The van der Waals surface area contributed by atoms with E-state index in [2.05, 4.69) is 10.2 Å². The zero-order valence-electron chi connectivity index (χ0n) is 11.6. The van der Waals surface area contributed by atoms with E-state index in [1.54, 1.807) is 6.07 Å². The molecule has 0 amide bonds. The Morgan fingerprint density at radius 1 is 1.30 bits per heavy atom. The fourth-order valence-electron chi connectivity index (χ4n) is 2.93. The highest BCUT2D eigenvalue weighted by Crippen LogP contribution is 2.32. The van der Waals surface area contributed by atoms with Crippen LogP contribution in [-0.4, -0.2) is 35.5 Å². The second kappa shape index (κ2) is 6.20. The molecule has 2 fully saturated rings. The molecule has 0 aromatic carbocycles. The molecule has 1 aliphatic carbocycles. The van der Waals surface area contributed by atoms with Gasteiger partial charge in [-0.2, -0.15) is 0 Å². The summed E-state index contributed by atoms with van der Waals surface area (Å²) in [7, 11) is 0. The van der Waals surface area contributed by atoms with Crippen LogP contribution in [0.2, 0.25) is 0 Å². The maximum Gasteiger partial charge on any atom is 0.324 e. The maximum atomic E-state index is 10.8. The summed E-state index contributed by atoms with van der Waals surface area (Å²) in [4.78, 5) is 14.1. The Kier molecular flexibility index (Phi) is 4.33. The van der Waals surface area contributed by atoms with Gasteiger partial charge >= 0.3 is 5.00 Å². The van der Waals surface area contributed by atoms with Crippen LogP contribution in [-0.2, 0) is 6.54 Å². The first-order valence-corrected chi connectivity index (χ1v) is 8.22. The van der Waals surface area contributed by atoms with Gasteiger partial charge in [-0.15, -0.1) is 0 Å². The summed E-state index contributed by atoms with van der Waals surface area (Å²) in [5, 5.41) is 14.4. The fraction of sp³-hybridized carbons (Fsp3) is 0.714. The van der Waals surface area contributed by atoms with E-state index < -0.39 is 0 Å². The highest BCUT2D eigenvalue weighted by Gasteiger charge is 2.31. The van der Waals surface area contributed by atoms with Crippen molar-refractivity contribution in [3.05, 3.63) is 27.1 Å². The Hall–Kier alpha value is -0.980. The highest BCUT2D eigenvalue weighted by molar-refractivity contribution is 7.15. The lowest BCUT2D eigenvalue weighted by molar-refractivity contribution is -0.380. The summed E-state index contributed by atoms with van der Waals surface area (Å²) in [5.74, 6) is 0.784. The molecule has 0 bridgehead atoms. The van der Waals surface area contributed by atoms with Crippen LogP contribution in [0.1, 0.15) is 30.6 Å². The largest absolute Gasteiger partial charge is 0.324 e. The third-order valence-corrected chi connectivity index (χ3v) is 5.22. The average Bonchev–Trinajstić information content (AvgIpc) is 3.19. The van der Waals surface area contributed by atoms with Gasteiger partial charge in [0.15, 0.2) is 0 Å². The maximum absolute atomic E-state index is 10.8. The Morgan fingerprint density at radius 2 is 2.05 bits per heavy atom. The summed E-state index contributed by atoms with van der Waals surface area (Å²) in [5.41, 5.74) is 0. The molecule has 0 unspecified atom stereocenters. The van der Waals surface area contributed by atoms with E-state index in [0.29, 0.717) is 6.04 Å². The number of piperidine rings is 1. The summed E-state index contributed by atoms with van der Waals surface area (Å²) in [6.07, 6.45) is 5.10. The monoisotopic (exact) mass is 295 g/mol. The van der Waals surface area contributed by atoms with Crippen molar-refractivity contribution < 1.29 is 4.92 Å². The average molecular weight is 295 g/mol. The first-order valence-electron chi connectivity index (χ1n) is 7.40. The van der Waals surface area contributed by atoms with Crippen LogP contribution in [0.25, 0.3) is 0 Å². The Morgan fingerprint density at radius 3 is 2.65 bits per heavy atom. The van der Waals surface area contributed by atoms with Gasteiger partial charge in [-0.3, -0.25) is 15.0 Å². The lowest BCUT2D eigenvalue weighted by Gasteiger charge is -2.29. The second-order valence-electron chi connectivity index (χ2n) is 5.85. The Bertz CT molecular complexity index is 467. The topological polar surface area (TPSA) is 58.4 Å². The molecular weight excluding hydrogens is 274 g/mol. The number of nitro groups is 1. The van der Waals surface area contributed by atoms with E-state index in [1.807, 2.05) is 6.07 Å². The number of hydrogen-bond acceptors (Lipinski definition) is 5. The predicted octanol–water partition coefficient (Wildman–Crippen LogP) is 2.62. The molecule has 1 aliphatic heterocycles. The van der Waals surface area contributed by atoms with Crippen molar-refractivity contribution in [2.24, 2.45) is 5.92 Å². The molecule has 5 nitrogen and oxygen atoms in total.